The second kappa shape index (κ2) is 6.00. The van der Waals surface area contributed by atoms with Crippen LogP contribution in [-0.4, -0.2) is 15.8 Å². The fourth-order valence-corrected chi connectivity index (χ4v) is 2.08. The number of halogens is 1. The highest BCUT2D eigenvalue weighted by Gasteiger charge is 2.10. The molecule has 0 saturated carbocycles. The van der Waals surface area contributed by atoms with Crippen LogP contribution in [0.3, 0.4) is 0 Å². The molecule has 0 amide bonds. The average Bonchev–Trinajstić information content (AvgIpc) is 2.77. The Kier molecular flexibility index (Phi) is 4.36. The standard InChI is InChI=1S/C13H17ClN4/c1-18-9-11(8-16-18)7-13(17-15)6-10-2-4-12(14)5-3-10/h2-5,8-9,13,17H,6-7,15H2,1H3. The molecule has 0 fully saturated rings. The molecule has 0 radical (unpaired) electrons. The van der Waals surface area contributed by atoms with E-state index in [0.717, 1.165) is 17.9 Å². The van der Waals surface area contributed by atoms with Crippen LogP contribution in [0.5, 0.6) is 0 Å². The van der Waals surface area contributed by atoms with Crippen LogP contribution in [0.25, 0.3) is 0 Å². The lowest BCUT2D eigenvalue weighted by Gasteiger charge is -2.15. The molecule has 0 saturated heterocycles. The molecule has 96 valence electrons. The minimum Gasteiger partial charge on any atom is -0.276 e. The summed E-state index contributed by atoms with van der Waals surface area (Å²) < 4.78 is 1.80. The zero-order chi connectivity index (χ0) is 13.0. The van der Waals surface area contributed by atoms with E-state index in [2.05, 4.69) is 10.5 Å². The van der Waals surface area contributed by atoms with Crippen molar-refractivity contribution < 1.29 is 0 Å². The van der Waals surface area contributed by atoms with Crippen LogP contribution in [-0.2, 0) is 19.9 Å². The fraction of sp³-hybridized carbons (Fsp3) is 0.308. The molecule has 1 heterocycles. The summed E-state index contributed by atoms with van der Waals surface area (Å²) in [5.41, 5.74) is 5.24. The molecular formula is C13H17ClN4. The first-order valence-corrected chi connectivity index (χ1v) is 6.23. The highest BCUT2D eigenvalue weighted by atomic mass is 35.5. The number of nitrogens with one attached hydrogen (secondary N) is 1. The van der Waals surface area contributed by atoms with Gasteiger partial charge in [-0.25, -0.2) is 0 Å². The Balaban J connectivity index is 1.99. The number of benzene rings is 1. The second-order valence-electron chi connectivity index (χ2n) is 4.42. The van der Waals surface area contributed by atoms with Crippen molar-refractivity contribution in [3.63, 3.8) is 0 Å². The van der Waals surface area contributed by atoms with E-state index in [9.17, 15) is 0 Å². The van der Waals surface area contributed by atoms with Gasteiger partial charge >= 0.3 is 0 Å². The smallest absolute Gasteiger partial charge is 0.0522 e. The zero-order valence-electron chi connectivity index (χ0n) is 10.3. The Morgan fingerprint density at radius 2 is 1.94 bits per heavy atom. The van der Waals surface area contributed by atoms with E-state index in [0.29, 0.717) is 0 Å². The monoisotopic (exact) mass is 264 g/mol. The summed E-state index contributed by atoms with van der Waals surface area (Å²) in [5.74, 6) is 5.60. The molecule has 1 atom stereocenters. The summed E-state index contributed by atoms with van der Waals surface area (Å²) in [6.07, 6.45) is 5.59. The van der Waals surface area contributed by atoms with Gasteiger partial charge in [0, 0.05) is 24.3 Å². The van der Waals surface area contributed by atoms with E-state index in [-0.39, 0.29) is 6.04 Å². The van der Waals surface area contributed by atoms with E-state index < -0.39 is 0 Å². The molecule has 1 aromatic heterocycles. The number of aromatic nitrogens is 2. The fourth-order valence-electron chi connectivity index (χ4n) is 1.96. The number of hydrogen-bond donors (Lipinski definition) is 2. The lowest BCUT2D eigenvalue weighted by Crippen LogP contribution is -2.38. The molecule has 2 aromatic rings. The van der Waals surface area contributed by atoms with Crippen molar-refractivity contribution >= 4 is 11.6 Å². The van der Waals surface area contributed by atoms with Gasteiger partial charge in [-0.05, 0) is 36.1 Å². The Morgan fingerprint density at radius 3 is 2.50 bits per heavy atom. The van der Waals surface area contributed by atoms with E-state index in [1.807, 2.05) is 43.7 Å². The third-order valence-electron chi connectivity index (χ3n) is 2.87. The van der Waals surface area contributed by atoms with Gasteiger partial charge in [0.1, 0.15) is 0 Å². The number of nitrogens with two attached hydrogens (primary N) is 1. The summed E-state index contributed by atoms with van der Waals surface area (Å²) in [5, 5.41) is 4.91. The van der Waals surface area contributed by atoms with Crippen molar-refractivity contribution in [2.75, 3.05) is 0 Å². The van der Waals surface area contributed by atoms with Gasteiger partial charge in [-0.3, -0.25) is 16.0 Å². The number of hydrogen-bond acceptors (Lipinski definition) is 3. The van der Waals surface area contributed by atoms with E-state index >= 15 is 0 Å². The molecular weight excluding hydrogens is 248 g/mol. The average molecular weight is 265 g/mol. The Morgan fingerprint density at radius 1 is 1.28 bits per heavy atom. The third kappa shape index (κ3) is 3.57. The van der Waals surface area contributed by atoms with Crippen molar-refractivity contribution in [1.82, 2.24) is 15.2 Å². The van der Waals surface area contributed by atoms with Gasteiger partial charge in [-0.15, -0.1) is 0 Å². The van der Waals surface area contributed by atoms with Crippen molar-refractivity contribution in [2.45, 2.75) is 18.9 Å². The minimum atomic E-state index is 0.190. The normalized spacial score (nSPS) is 12.6. The summed E-state index contributed by atoms with van der Waals surface area (Å²) in [6.45, 7) is 0. The van der Waals surface area contributed by atoms with Crippen LogP contribution in [0.15, 0.2) is 36.7 Å². The van der Waals surface area contributed by atoms with Crippen molar-refractivity contribution in [3.8, 4) is 0 Å². The van der Waals surface area contributed by atoms with Crippen LogP contribution >= 0.6 is 11.6 Å². The zero-order valence-corrected chi connectivity index (χ0v) is 11.1. The summed E-state index contributed by atoms with van der Waals surface area (Å²) in [6, 6.07) is 8.03. The number of aryl methyl sites for hydroxylation is 1. The van der Waals surface area contributed by atoms with Crippen molar-refractivity contribution in [3.05, 3.63) is 52.8 Å². The van der Waals surface area contributed by atoms with Gasteiger partial charge in [0.2, 0.25) is 0 Å². The van der Waals surface area contributed by atoms with E-state index in [4.69, 9.17) is 17.4 Å². The highest BCUT2D eigenvalue weighted by Crippen LogP contribution is 2.12. The largest absolute Gasteiger partial charge is 0.276 e. The van der Waals surface area contributed by atoms with Crippen LogP contribution in [0, 0.1) is 0 Å². The lowest BCUT2D eigenvalue weighted by atomic mass is 10.0. The van der Waals surface area contributed by atoms with Crippen LogP contribution in [0.1, 0.15) is 11.1 Å². The maximum absolute atomic E-state index is 5.86. The maximum atomic E-state index is 5.86. The summed E-state index contributed by atoms with van der Waals surface area (Å²) in [4.78, 5) is 0. The molecule has 2 rings (SSSR count). The van der Waals surface area contributed by atoms with Crippen LogP contribution < -0.4 is 11.3 Å². The van der Waals surface area contributed by atoms with Crippen molar-refractivity contribution in [2.24, 2.45) is 12.9 Å². The molecule has 4 nitrogen and oxygen atoms in total. The molecule has 0 aliphatic rings. The highest BCUT2D eigenvalue weighted by molar-refractivity contribution is 6.30. The Labute approximate surface area is 112 Å². The number of rotatable bonds is 5. The van der Waals surface area contributed by atoms with Gasteiger partial charge in [0.15, 0.2) is 0 Å². The third-order valence-corrected chi connectivity index (χ3v) is 3.12. The quantitative estimate of drug-likeness (QED) is 0.638. The first-order valence-electron chi connectivity index (χ1n) is 5.85. The van der Waals surface area contributed by atoms with Gasteiger partial charge in [-0.1, -0.05) is 23.7 Å². The van der Waals surface area contributed by atoms with Gasteiger partial charge in [0.05, 0.1) is 6.20 Å². The SMILES string of the molecule is Cn1cc(CC(Cc2ccc(Cl)cc2)NN)cn1. The molecule has 0 bridgehead atoms. The molecule has 18 heavy (non-hydrogen) atoms. The van der Waals surface area contributed by atoms with E-state index in [1.54, 1.807) is 4.68 Å². The second-order valence-corrected chi connectivity index (χ2v) is 4.86. The molecule has 0 spiro atoms. The van der Waals surface area contributed by atoms with Crippen LogP contribution in [0.4, 0.5) is 0 Å². The first kappa shape index (κ1) is 13.1. The topological polar surface area (TPSA) is 55.9 Å². The minimum absolute atomic E-state index is 0.190. The van der Waals surface area contributed by atoms with Gasteiger partial charge in [0.25, 0.3) is 0 Å². The molecule has 1 aromatic carbocycles. The molecule has 3 N–H and O–H groups in total. The number of nitrogens with zero attached hydrogens (tertiary/aromatic N) is 2. The number of hydrazine groups is 1. The summed E-state index contributed by atoms with van der Waals surface area (Å²) >= 11 is 5.86. The first-order chi connectivity index (χ1) is 8.67. The molecule has 5 heteroatoms. The molecule has 1 unspecified atom stereocenters. The van der Waals surface area contributed by atoms with Gasteiger partial charge < -0.3 is 0 Å². The van der Waals surface area contributed by atoms with E-state index in [1.165, 1.54) is 11.1 Å². The van der Waals surface area contributed by atoms with Gasteiger partial charge in [-0.2, -0.15) is 5.10 Å². The Bertz CT molecular complexity index is 492. The predicted molar refractivity (Wildman–Crippen MR) is 73.2 cm³/mol. The Hall–Kier alpha value is -1.36. The maximum Gasteiger partial charge on any atom is 0.0522 e. The molecule has 0 aliphatic heterocycles. The van der Waals surface area contributed by atoms with Crippen molar-refractivity contribution in [1.29, 1.82) is 0 Å². The predicted octanol–water partition coefficient (Wildman–Crippen LogP) is 1.69. The lowest BCUT2D eigenvalue weighted by molar-refractivity contribution is 0.522. The molecule has 0 aliphatic carbocycles. The van der Waals surface area contributed by atoms with Crippen LogP contribution in [0.2, 0.25) is 5.02 Å². The summed E-state index contributed by atoms with van der Waals surface area (Å²) in [7, 11) is 1.91.